The Labute approximate surface area is 210 Å². The third-order valence-corrected chi connectivity index (χ3v) is 9.60. The second-order valence-electron chi connectivity index (χ2n) is 10.6. The van der Waals surface area contributed by atoms with E-state index in [0.717, 1.165) is 19.9 Å². The van der Waals surface area contributed by atoms with Crippen molar-refractivity contribution >= 4 is 39.4 Å². The molecule has 2 unspecified atom stereocenters. The van der Waals surface area contributed by atoms with E-state index < -0.39 is 76.3 Å². The molecule has 192 valence electrons. The fourth-order valence-electron chi connectivity index (χ4n) is 7.46. The highest BCUT2D eigenvalue weighted by Gasteiger charge is 2.76. The second-order valence-corrected chi connectivity index (χ2v) is 11.5. The lowest BCUT2D eigenvalue weighted by atomic mass is 9.44. The Balaban J connectivity index is 1.82. The number of Topliss-reactive ketones (excluding diaryl/α,β-unsaturated/α-hetero) is 1. The standard InChI is InChI=1S/C25H29BrF2O7/c1-12(29)34-11-21(33)24(35-13(2)30)6-5-14-15-7-18(27)16-8-19(31)17(26)9-23(16,4)25(15,28)20(32)10-22(14,24)3/h8-9,14-15,18,20,32H,5-7,10-11H2,1-4H3/t14-,15-,18?,20?,22-,23-,24-,25-/m0/s1. The maximum absolute atomic E-state index is 17.3. The summed E-state index contributed by atoms with van der Waals surface area (Å²) in [6.07, 6.45) is -1.11. The van der Waals surface area contributed by atoms with Gasteiger partial charge >= 0.3 is 11.9 Å². The van der Waals surface area contributed by atoms with Gasteiger partial charge < -0.3 is 14.6 Å². The molecule has 8 atom stereocenters. The van der Waals surface area contributed by atoms with Crippen LogP contribution in [0.25, 0.3) is 0 Å². The van der Waals surface area contributed by atoms with Crippen molar-refractivity contribution < 1.29 is 42.5 Å². The van der Waals surface area contributed by atoms with Crippen LogP contribution in [0.3, 0.4) is 0 Å². The smallest absolute Gasteiger partial charge is 0.303 e. The Kier molecular flexibility index (Phi) is 6.19. The molecule has 4 aliphatic rings. The number of hydrogen-bond acceptors (Lipinski definition) is 7. The molecule has 1 N–H and O–H groups in total. The summed E-state index contributed by atoms with van der Waals surface area (Å²) in [6.45, 7) is 4.79. The van der Waals surface area contributed by atoms with Gasteiger partial charge in [-0.15, -0.1) is 0 Å². The van der Waals surface area contributed by atoms with E-state index in [9.17, 15) is 24.3 Å². The molecule has 10 heteroatoms. The van der Waals surface area contributed by atoms with Crippen LogP contribution in [0.4, 0.5) is 8.78 Å². The van der Waals surface area contributed by atoms with Crippen molar-refractivity contribution in [3.8, 4) is 0 Å². The number of carbonyl (C=O) groups is 4. The lowest BCUT2D eigenvalue weighted by Gasteiger charge is -2.63. The van der Waals surface area contributed by atoms with Gasteiger partial charge in [0.1, 0.15) is 6.17 Å². The zero-order valence-corrected chi connectivity index (χ0v) is 21.6. The molecule has 0 aromatic rings. The van der Waals surface area contributed by atoms with Crippen LogP contribution in [-0.4, -0.2) is 58.8 Å². The zero-order chi connectivity index (χ0) is 26.1. The largest absolute Gasteiger partial charge is 0.458 e. The first-order chi connectivity index (χ1) is 16.1. The van der Waals surface area contributed by atoms with Crippen LogP contribution in [0.2, 0.25) is 0 Å². The maximum atomic E-state index is 17.3. The van der Waals surface area contributed by atoms with Crippen LogP contribution in [0.1, 0.15) is 53.4 Å². The Morgan fingerprint density at radius 1 is 1.20 bits per heavy atom. The number of rotatable bonds is 4. The predicted octanol–water partition coefficient (Wildman–Crippen LogP) is 3.46. The van der Waals surface area contributed by atoms with Crippen molar-refractivity contribution in [3.05, 3.63) is 22.2 Å². The molecule has 35 heavy (non-hydrogen) atoms. The van der Waals surface area contributed by atoms with E-state index in [0.29, 0.717) is 0 Å². The van der Waals surface area contributed by atoms with Crippen LogP contribution in [-0.2, 0) is 28.7 Å². The van der Waals surface area contributed by atoms with Crippen molar-refractivity contribution in [2.45, 2.75) is 76.9 Å². The zero-order valence-electron chi connectivity index (χ0n) is 20.0. The molecule has 0 bridgehead atoms. The summed E-state index contributed by atoms with van der Waals surface area (Å²) in [6, 6.07) is 0. The molecule has 0 spiro atoms. The van der Waals surface area contributed by atoms with Gasteiger partial charge in [-0.2, -0.15) is 0 Å². The van der Waals surface area contributed by atoms with E-state index in [2.05, 4.69) is 15.9 Å². The van der Waals surface area contributed by atoms with Crippen molar-refractivity contribution in [2.24, 2.45) is 22.7 Å². The van der Waals surface area contributed by atoms with E-state index in [1.54, 1.807) is 6.92 Å². The Hall–Kier alpha value is -1.94. The number of ether oxygens (including phenoxy) is 2. The molecule has 0 amide bonds. The number of allylic oxidation sites excluding steroid dienone is 4. The normalized spacial score (nSPS) is 44.3. The van der Waals surface area contributed by atoms with Gasteiger partial charge in [0.25, 0.3) is 0 Å². The van der Waals surface area contributed by atoms with Crippen molar-refractivity contribution in [3.63, 3.8) is 0 Å². The fourth-order valence-corrected chi connectivity index (χ4v) is 8.03. The lowest BCUT2D eigenvalue weighted by molar-refractivity contribution is -0.228. The topological polar surface area (TPSA) is 107 Å². The highest BCUT2D eigenvalue weighted by atomic mass is 79.9. The minimum Gasteiger partial charge on any atom is -0.458 e. The van der Waals surface area contributed by atoms with E-state index in [4.69, 9.17) is 9.47 Å². The van der Waals surface area contributed by atoms with Crippen LogP contribution >= 0.6 is 15.9 Å². The van der Waals surface area contributed by atoms with Gasteiger partial charge in [-0.1, -0.05) is 13.0 Å². The van der Waals surface area contributed by atoms with Gasteiger partial charge in [-0.3, -0.25) is 19.2 Å². The van der Waals surface area contributed by atoms with Crippen LogP contribution in [0, 0.1) is 22.7 Å². The van der Waals surface area contributed by atoms with E-state index >= 15 is 8.78 Å². The van der Waals surface area contributed by atoms with Gasteiger partial charge in [-0.05, 0) is 66.1 Å². The predicted molar refractivity (Wildman–Crippen MR) is 123 cm³/mol. The number of fused-ring (bicyclic) bond motifs is 5. The molecule has 4 aliphatic carbocycles. The first-order valence-electron chi connectivity index (χ1n) is 11.7. The molecule has 0 heterocycles. The molecule has 3 saturated carbocycles. The monoisotopic (exact) mass is 558 g/mol. The number of carbonyl (C=O) groups excluding carboxylic acids is 4. The summed E-state index contributed by atoms with van der Waals surface area (Å²) < 4.78 is 43.5. The van der Waals surface area contributed by atoms with Gasteiger partial charge in [0.2, 0.25) is 5.78 Å². The average Bonchev–Trinajstić information content (AvgIpc) is 3.03. The first kappa shape index (κ1) is 26.1. The van der Waals surface area contributed by atoms with Crippen molar-refractivity contribution in [2.75, 3.05) is 6.61 Å². The molecule has 0 aliphatic heterocycles. The highest BCUT2D eigenvalue weighted by molar-refractivity contribution is 9.12. The van der Waals surface area contributed by atoms with E-state index in [1.165, 1.54) is 13.0 Å². The fraction of sp³-hybridized carbons (Fsp3) is 0.680. The van der Waals surface area contributed by atoms with Crippen LogP contribution in [0.5, 0.6) is 0 Å². The molecule has 0 aromatic carbocycles. The molecular formula is C25H29BrF2O7. The SMILES string of the molecule is CC(=O)OCC(=O)[C@@]1(OC(C)=O)CC[C@H]2[C@@H]3CC(F)C4=CC(=O)C(Br)=C[C@]4(C)[C@@]3(F)C(O)C[C@@]21C. The summed E-state index contributed by atoms with van der Waals surface area (Å²) in [5, 5.41) is 11.4. The summed E-state index contributed by atoms with van der Waals surface area (Å²) in [4.78, 5) is 49.1. The molecule has 4 rings (SSSR count). The lowest BCUT2D eigenvalue weighted by Crippen LogP contribution is -2.70. The van der Waals surface area contributed by atoms with Crippen molar-refractivity contribution in [1.29, 1.82) is 0 Å². The summed E-state index contributed by atoms with van der Waals surface area (Å²) in [5.74, 6) is -4.21. The van der Waals surface area contributed by atoms with Crippen molar-refractivity contribution in [1.82, 2.24) is 0 Å². The minimum absolute atomic E-state index is 0.0118. The van der Waals surface area contributed by atoms with Crippen LogP contribution < -0.4 is 0 Å². The maximum Gasteiger partial charge on any atom is 0.303 e. The molecule has 0 aromatic heterocycles. The number of alkyl halides is 2. The highest BCUT2D eigenvalue weighted by Crippen LogP contribution is 2.70. The second kappa shape index (κ2) is 8.30. The third-order valence-electron chi connectivity index (χ3n) is 8.98. The summed E-state index contributed by atoms with van der Waals surface area (Å²) in [5.41, 5.74) is -6.95. The summed E-state index contributed by atoms with van der Waals surface area (Å²) >= 11 is 3.14. The van der Waals surface area contributed by atoms with Gasteiger partial charge in [0, 0.05) is 30.6 Å². The Bertz CT molecular complexity index is 1070. The molecule has 3 fully saturated rings. The minimum atomic E-state index is -2.34. The molecule has 0 saturated heterocycles. The Morgan fingerprint density at radius 2 is 1.86 bits per heavy atom. The molecule has 0 radical (unpaired) electrons. The number of halogens is 3. The molecular weight excluding hydrogens is 530 g/mol. The van der Waals surface area contributed by atoms with Gasteiger partial charge in [0.05, 0.1) is 10.6 Å². The first-order valence-corrected chi connectivity index (χ1v) is 12.5. The molecule has 7 nitrogen and oxygen atoms in total. The third kappa shape index (κ3) is 3.42. The number of esters is 2. The number of hydrogen-bond donors (Lipinski definition) is 1. The quantitative estimate of drug-likeness (QED) is 0.526. The van der Waals surface area contributed by atoms with E-state index in [1.807, 2.05) is 0 Å². The van der Waals surface area contributed by atoms with Crippen LogP contribution in [0.15, 0.2) is 22.2 Å². The van der Waals surface area contributed by atoms with Gasteiger partial charge in [0.15, 0.2) is 23.7 Å². The number of ketones is 2. The average molecular weight is 559 g/mol. The van der Waals surface area contributed by atoms with E-state index in [-0.39, 0.29) is 35.7 Å². The number of aliphatic hydroxyl groups excluding tert-OH is 1. The Morgan fingerprint density at radius 3 is 2.46 bits per heavy atom. The van der Waals surface area contributed by atoms with Gasteiger partial charge in [-0.25, -0.2) is 8.78 Å². The number of aliphatic hydroxyl groups is 1. The summed E-state index contributed by atoms with van der Waals surface area (Å²) in [7, 11) is 0.